The number of benzene rings is 1. The highest BCUT2D eigenvalue weighted by atomic mass is 15.2. The summed E-state index contributed by atoms with van der Waals surface area (Å²) in [4.78, 5) is 0. The van der Waals surface area contributed by atoms with Gasteiger partial charge in [-0.25, -0.2) is 0 Å². The summed E-state index contributed by atoms with van der Waals surface area (Å²) in [7, 11) is 0. The van der Waals surface area contributed by atoms with E-state index in [-0.39, 0.29) is 6.04 Å². The Morgan fingerprint density at radius 1 is 1.24 bits per heavy atom. The lowest BCUT2D eigenvalue weighted by molar-refractivity contribution is 0.547. The largest absolute Gasteiger partial charge is 0.271 e. The monoisotopic (exact) mass is 228 g/mol. The van der Waals surface area contributed by atoms with Gasteiger partial charge in [-0.2, -0.15) is 10.2 Å². The summed E-state index contributed by atoms with van der Waals surface area (Å²) < 4.78 is 0. The molecule has 1 atom stereocenters. The van der Waals surface area contributed by atoms with Gasteiger partial charge in [0, 0.05) is 6.20 Å². The van der Waals surface area contributed by atoms with E-state index in [9.17, 15) is 0 Å². The van der Waals surface area contributed by atoms with Crippen molar-refractivity contribution in [3.63, 3.8) is 0 Å². The van der Waals surface area contributed by atoms with E-state index in [0.717, 1.165) is 12.0 Å². The third kappa shape index (κ3) is 2.87. The smallest absolute Gasteiger partial charge is 0.0544 e. The van der Waals surface area contributed by atoms with E-state index in [1.807, 2.05) is 18.2 Å². The number of hydrogen-bond donors (Lipinski definition) is 2. The predicted molar refractivity (Wildman–Crippen MR) is 67.0 cm³/mol. The van der Waals surface area contributed by atoms with Crippen molar-refractivity contribution in [3.8, 4) is 0 Å². The first kappa shape index (κ1) is 11.7. The van der Waals surface area contributed by atoms with Crippen LogP contribution in [-0.4, -0.2) is 10.2 Å². The van der Waals surface area contributed by atoms with Crippen molar-refractivity contribution in [1.82, 2.24) is 15.6 Å². The van der Waals surface area contributed by atoms with E-state index in [4.69, 9.17) is 5.84 Å². The lowest BCUT2D eigenvalue weighted by atomic mass is 9.98. The van der Waals surface area contributed by atoms with Crippen LogP contribution in [0.2, 0.25) is 0 Å². The minimum Gasteiger partial charge on any atom is -0.271 e. The van der Waals surface area contributed by atoms with Crippen molar-refractivity contribution in [1.29, 1.82) is 0 Å². The Hall–Kier alpha value is -1.78. The van der Waals surface area contributed by atoms with Gasteiger partial charge in [-0.05, 0) is 36.1 Å². The Balaban J connectivity index is 2.19. The standard InChI is InChI=1S/C13H16N4/c1-10-4-2-3-5-11(10)8-13(17-14)12-6-7-15-16-9-12/h2-7,9,13,17H,8,14H2,1H3. The molecule has 0 fully saturated rings. The van der Waals surface area contributed by atoms with Gasteiger partial charge in [0.25, 0.3) is 0 Å². The summed E-state index contributed by atoms with van der Waals surface area (Å²) >= 11 is 0. The Morgan fingerprint density at radius 2 is 2.06 bits per heavy atom. The maximum atomic E-state index is 5.60. The number of hydrazine groups is 1. The zero-order chi connectivity index (χ0) is 12.1. The van der Waals surface area contributed by atoms with Crippen LogP contribution in [0.4, 0.5) is 0 Å². The van der Waals surface area contributed by atoms with Crippen molar-refractivity contribution < 1.29 is 0 Å². The zero-order valence-corrected chi connectivity index (χ0v) is 9.80. The third-order valence-electron chi connectivity index (χ3n) is 2.90. The average Bonchev–Trinajstić information content (AvgIpc) is 2.39. The Kier molecular flexibility index (Phi) is 3.80. The molecule has 0 radical (unpaired) electrons. The maximum absolute atomic E-state index is 5.60. The highest BCUT2D eigenvalue weighted by Gasteiger charge is 2.11. The van der Waals surface area contributed by atoms with Crippen LogP contribution in [0.5, 0.6) is 0 Å². The normalized spacial score (nSPS) is 12.4. The van der Waals surface area contributed by atoms with E-state index in [1.165, 1.54) is 11.1 Å². The molecule has 3 N–H and O–H groups in total. The lowest BCUT2D eigenvalue weighted by Gasteiger charge is -2.16. The Bertz CT molecular complexity index is 470. The fourth-order valence-corrected chi connectivity index (χ4v) is 1.84. The van der Waals surface area contributed by atoms with Gasteiger partial charge < -0.3 is 0 Å². The third-order valence-corrected chi connectivity index (χ3v) is 2.90. The molecule has 0 bridgehead atoms. The predicted octanol–water partition coefficient (Wildman–Crippen LogP) is 1.53. The van der Waals surface area contributed by atoms with E-state index in [1.54, 1.807) is 12.4 Å². The van der Waals surface area contributed by atoms with Crippen molar-refractivity contribution >= 4 is 0 Å². The fourth-order valence-electron chi connectivity index (χ4n) is 1.84. The molecular formula is C13H16N4. The van der Waals surface area contributed by atoms with Crippen LogP contribution in [0, 0.1) is 6.92 Å². The van der Waals surface area contributed by atoms with E-state index in [2.05, 4.69) is 34.7 Å². The highest BCUT2D eigenvalue weighted by Crippen LogP contribution is 2.18. The van der Waals surface area contributed by atoms with Gasteiger partial charge in [-0.15, -0.1) is 0 Å². The van der Waals surface area contributed by atoms with Gasteiger partial charge >= 0.3 is 0 Å². The zero-order valence-electron chi connectivity index (χ0n) is 9.80. The summed E-state index contributed by atoms with van der Waals surface area (Å²) in [5.74, 6) is 5.60. The SMILES string of the molecule is Cc1ccccc1CC(NN)c1ccnnc1. The Labute approximate surface area is 101 Å². The van der Waals surface area contributed by atoms with Crippen LogP contribution >= 0.6 is 0 Å². The molecule has 88 valence electrons. The molecule has 0 spiro atoms. The van der Waals surface area contributed by atoms with Crippen LogP contribution in [-0.2, 0) is 6.42 Å². The van der Waals surface area contributed by atoms with Crippen LogP contribution < -0.4 is 11.3 Å². The van der Waals surface area contributed by atoms with Gasteiger partial charge in [0.2, 0.25) is 0 Å². The molecule has 0 aliphatic heterocycles. The van der Waals surface area contributed by atoms with Gasteiger partial charge in [0.05, 0.1) is 12.2 Å². The second kappa shape index (κ2) is 5.52. The van der Waals surface area contributed by atoms with Gasteiger partial charge in [-0.1, -0.05) is 24.3 Å². The molecule has 0 saturated heterocycles. The summed E-state index contributed by atoms with van der Waals surface area (Å²) in [6.45, 7) is 2.10. The van der Waals surface area contributed by atoms with Crippen molar-refractivity contribution in [3.05, 3.63) is 59.4 Å². The maximum Gasteiger partial charge on any atom is 0.0544 e. The molecule has 4 heteroatoms. The van der Waals surface area contributed by atoms with Crippen LogP contribution in [0.25, 0.3) is 0 Å². The molecule has 0 aliphatic rings. The van der Waals surface area contributed by atoms with Crippen molar-refractivity contribution in [2.24, 2.45) is 5.84 Å². The second-order valence-electron chi connectivity index (χ2n) is 4.03. The molecule has 1 heterocycles. The van der Waals surface area contributed by atoms with Crippen LogP contribution in [0.15, 0.2) is 42.7 Å². The fraction of sp³-hybridized carbons (Fsp3) is 0.231. The number of aryl methyl sites for hydroxylation is 1. The molecule has 1 aromatic heterocycles. The summed E-state index contributed by atoms with van der Waals surface area (Å²) in [6, 6.07) is 10.3. The van der Waals surface area contributed by atoms with Crippen molar-refractivity contribution in [2.75, 3.05) is 0 Å². The quantitative estimate of drug-likeness (QED) is 0.615. The van der Waals surface area contributed by atoms with E-state index >= 15 is 0 Å². The number of nitrogens with zero attached hydrogens (tertiary/aromatic N) is 2. The van der Waals surface area contributed by atoms with E-state index in [0.29, 0.717) is 0 Å². The molecule has 17 heavy (non-hydrogen) atoms. The number of rotatable bonds is 4. The average molecular weight is 228 g/mol. The number of nitrogens with one attached hydrogen (secondary N) is 1. The molecule has 2 aromatic rings. The molecule has 2 rings (SSSR count). The van der Waals surface area contributed by atoms with Crippen LogP contribution in [0.3, 0.4) is 0 Å². The molecule has 0 saturated carbocycles. The molecule has 4 nitrogen and oxygen atoms in total. The van der Waals surface area contributed by atoms with Gasteiger partial charge in [0.1, 0.15) is 0 Å². The summed E-state index contributed by atoms with van der Waals surface area (Å²) in [5, 5.41) is 7.64. The highest BCUT2D eigenvalue weighted by molar-refractivity contribution is 5.28. The van der Waals surface area contributed by atoms with Crippen LogP contribution in [0.1, 0.15) is 22.7 Å². The van der Waals surface area contributed by atoms with E-state index < -0.39 is 0 Å². The minimum atomic E-state index is 0.0617. The Morgan fingerprint density at radius 3 is 2.71 bits per heavy atom. The number of nitrogens with two attached hydrogens (primary N) is 1. The molecule has 1 unspecified atom stereocenters. The van der Waals surface area contributed by atoms with Gasteiger partial charge in [-0.3, -0.25) is 11.3 Å². The second-order valence-corrected chi connectivity index (χ2v) is 4.03. The first-order valence-corrected chi connectivity index (χ1v) is 5.58. The number of hydrogen-bond acceptors (Lipinski definition) is 4. The van der Waals surface area contributed by atoms with Gasteiger partial charge in [0.15, 0.2) is 0 Å². The topological polar surface area (TPSA) is 63.8 Å². The van der Waals surface area contributed by atoms with Crippen molar-refractivity contribution in [2.45, 2.75) is 19.4 Å². The minimum absolute atomic E-state index is 0.0617. The number of aromatic nitrogens is 2. The molecule has 1 aromatic carbocycles. The molecular weight excluding hydrogens is 212 g/mol. The first-order valence-electron chi connectivity index (χ1n) is 5.58. The summed E-state index contributed by atoms with van der Waals surface area (Å²) in [6.07, 6.45) is 4.26. The molecule has 0 aliphatic carbocycles. The summed E-state index contributed by atoms with van der Waals surface area (Å²) in [5.41, 5.74) is 6.43. The first-order chi connectivity index (χ1) is 8.31. The lowest BCUT2D eigenvalue weighted by Crippen LogP contribution is -2.29. The molecule has 0 amide bonds.